The van der Waals surface area contributed by atoms with E-state index in [4.69, 9.17) is 0 Å². The molecule has 1 aliphatic rings. The highest BCUT2D eigenvalue weighted by Crippen LogP contribution is 2.36. The van der Waals surface area contributed by atoms with E-state index in [0.29, 0.717) is 12.0 Å². The molecule has 0 radical (unpaired) electrons. The molecule has 1 amide bonds. The Morgan fingerprint density at radius 1 is 1.47 bits per heavy atom. The highest BCUT2D eigenvalue weighted by atomic mass is 16.2. The maximum absolute atomic E-state index is 11.7. The topological polar surface area (TPSA) is 46.9 Å². The second-order valence-electron chi connectivity index (χ2n) is 5.94. The Morgan fingerprint density at radius 2 is 2.18 bits per heavy atom. The highest BCUT2D eigenvalue weighted by molar-refractivity contribution is 5.81. The molecule has 4 heteroatoms. The first kappa shape index (κ1) is 12.1. The minimum Gasteiger partial charge on any atom is -0.355 e. The number of nitrogens with zero attached hydrogens (tertiary/aromatic N) is 2. The van der Waals surface area contributed by atoms with E-state index in [2.05, 4.69) is 10.4 Å². The lowest BCUT2D eigenvalue weighted by Gasteiger charge is -2.36. The molecule has 1 aliphatic carbocycles. The molecule has 0 atom stereocenters. The number of rotatable bonds is 3. The Hall–Kier alpha value is -1.32. The molecule has 94 valence electrons. The van der Waals surface area contributed by atoms with Crippen LogP contribution in [0.2, 0.25) is 0 Å². The lowest BCUT2D eigenvalue weighted by Crippen LogP contribution is -2.41. The van der Waals surface area contributed by atoms with E-state index < -0.39 is 0 Å². The van der Waals surface area contributed by atoms with Crippen LogP contribution in [0.15, 0.2) is 18.5 Å². The van der Waals surface area contributed by atoms with Crippen molar-refractivity contribution in [3.8, 4) is 0 Å². The van der Waals surface area contributed by atoms with E-state index in [0.717, 1.165) is 19.4 Å². The Labute approximate surface area is 102 Å². The number of hydrogen-bond donors (Lipinski definition) is 1. The fraction of sp³-hybridized carbons (Fsp3) is 0.692. The summed E-state index contributed by atoms with van der Waals surface area (Å²) >= 11 is 0. The number of amides is 1. The molecule has 1 N–H and O–H groups in total. The van der Waals surface area contributed by atoms with Crippen molar-refractivity contribution in [3.63, 3.8) is 0 Å². The largest absolute Gasteiger partial charge is 0.355 e. The van der Waals surface area contributed by atoms with Gasteiger partial charge in [-0.25, -0.2) is 0 Å². The number of carbonyl (C=O) groups excluding carboxylic acids is 1. The summed E-state index contributed by atoms with van der Waals surface area (Å²) < 4.78 is 2.02. The smallest absolute Gasteiger partial charge is 0.225 e. The summed E-state index contributed by atoms with van der Waals surface area (Å²) in [5.74, 6) is 0.746. The van der Waals surface area contributed by atoms with Crippen LogP contribution in [0.4, 0.5) is 0 Å². The third-order valence-electron chi connectivity index (χ3n) is 3.34. The summed E-state index contributed by atoms with van der Waals surface area (Å²) in [4.78, 5) is 11.7. The van der Waals surface area contributed by atoms with Crippen LogP contribution in [-0.2, 0) is 4.79 Å². The van der Waals surface area contributed by atoms with E-state index in [1.54, 1.807) is 0 Å². The number of hydrogen-bond acceptors (Lipinski definition) is 2. The lowest BCUT2D eigenvalue weighted by molar-refractivity contribution is -0.128. The molecule has 2 rings (SSSR count). The van der Waals surface area contributed by atoms with E-state index in [1.807, 2.05) is 43.9 Å². The zero-order chi connectivity index (χ0) is 12.5. The number of aromatic nitrogens is 2. The van der Waals surface area contributed by atoms with Crippen LogP contribution in [0.3, 0.4) is 0 Å². The van der Waals surface area contributed by atoms with Crippen LogP contribution in [0.1, 0.15) is 39.7 Å². The summed E-state index contributed by atoms with van der Waals surface area (Å²) in [7, 11) is 0. The fourth-order valence-electron chi connectivity index (χ4n) is 2.08. The van der Waals surface area contributed by atoms with Crippen molar-refractivity contribution in [2.45, 2.75) is 39.7 Å². The monoisotopic (exact) mass is 235 g/mol. The van der Waals surface area contributed by atoms with Crippen molar-refractivity contribution in [2.75, 3.05) is 6.54 Å². The van der Waals surface area contributed by atoms with Gasteiger partial charge in [0.1, 0.15) is 0 Å². The van der Waals surface area contributed by atoms with Gasteiger partial charge < -0.3 is 5.32 Å². The third-order valence-corrected chi connectivity index (χ3v) is 3.34. The van der Waals surface area contributed by atoms with Crippen LogP contribution in [0.25, 0.3) is 0 Å². The SMILES string of the molecule is CC(C)(C)C(=O)NCC1CC(n2cccn2)C1. The van der Waals surface area contributed by atoms with Crippen LogP contribution < -0.4 is 5.32 Å². The first-order chi connectivity index (χ1) is 7.97. The maximum Gasteiger partial charge on any atom is 0.225 e. The minimum atomic E-state index is -0.287. The molecule has 0 saturated heterocycles. The van der Waals surface area contributed by atoms with Gasteiger partial charge >= 0.3 is 0 Å². The standard InChI is InChI=1S/C13H21N3O/c1-13(2,3)12(17)14-9-10-7-11(8-10)16-6-4-5-15-16/h4-6,10-11H,7-9H2,1-3H3,(H,14,17). The summed E-state index contributed by atoms with van der Waals surface area (Å²) in [6.45, 7) is 6.62. The Bertz CT molecular complexity index is 372. The molecule has 4 nitrogen and oxygen atoms in total. The van der Waals surface area contributed by atoms with Crippen molar-refractivity contribution >= 4 is 5.91 Å². The van der Waals surface area contributed by atoms with Crippen molar-refractivity contribution in [1.82, 2.24) is 15.1 Å². The van der Waals surface area contributed by atoms with Gasteiger partial charge in [0.05, 0.1) is 6.04 Å². The van der Waals surface area contributed by atoms with Gasteiger partial charge in [0.15, 0.2) is 0 Å². The van der Waals surface area contributed by atoms with E-state index in [-0.39, 0.29) is 11.3 Å². The van der Waals surface area contributed by atoms with Crippen molar-refractivity contribution < 1.29 is 4.79 Å². The molecule has 0 aromatic carbocycles. The summed E-state index contributed by atoms with van der Waals surface area (Å²) in [5, 5.41) is 7.26. The molecular weight excluding hydrogens is 214 g/mol. The Kier molecular flexibility index (Phi) is 3.22. The van der Waals surface area contributed by atoms with E-state index in [9.17, 15) is 4.79 Å². The Balaban J connectivity index is 1.70. The average Bonchev–Trinajstić information content (AvgIpc) is 2.66. The molecule has 1 aromatic heterocycles. The van der Waals surface area contributed by atoms with E-state index in [1.165, 1.54) is 0 Å². The molecule has 1 aromatic rings. The van der Waals surface area contributed by atoms with Crippen LogP contribution >= 0.6 is 0 Å². The van der Waals surface area contributed by atoms with Gasteiger partial charge in [-0.3, -0.25) is 9.48 Å². The second kappa shape index (κ2) is 4.51. The zero-order valence-electron chi connectivity index (χ0n) is 10.8. The number of nitrogens with one attached hydrogen (secondary N) is 1. The van der Waals surface area contributed by atoms with Gasteiger partial charge in [0.2, 0.25) is 5.91 Å². The molecular formula is C13H21N3O. The average molecular weight is 235 g/mol. The summed E-state index contributed by atoms with van der Waals surface area (Å²) in [6.07, 6.45) is 6.06. The molecule has 1 saturated carbocycles. The van der Waals surface area contributed by atoms with Crippen LogP contribution in [-0.4, -0.2) is 22.2 Å². The molecule has 0 unspecified atom stereocenters. The second-order valence-corrected chi connectivity index (χ2v) is 5.94. The van der Waals surface area contributed by atoms with Crippen LogP contribution in [0, 0.1) is 11.3 Å². The summed E-state index contributed by atoms with van der Waals surface area (Å²) in [5.41, 5.74) is -0.287. The molecule has 0 aliphatic heterocycles. The molecule has 1 heterocycles. The van der Waals surface area contributed by atoms with Crippen molar-refractivity contribution in [1.29, 1.82) is 0 Å². The molecule has 0 spiro atoms. The normalized spacial score (nSPS) is 24.2. The van der Waals surface area contributed by atoms with Gasteiger partial charge in [-0.15, -0.1) is 0 Å². The predicted octanol–water partition coefficient (Wildman–Crippen LogP) is 2.00. The van der Waals surface area contributed by atoms with Crippen LogP contribution in [0.5, 0.6) is 0 Å². The summed E-state index contributed by atoms with van der Waals surface area (Å²) in [6, 6.07) is 2.48. The third kappa shape index (κ3) is 2.87. The molecule has 0 bridgehead atoms. The van der Waals surface area contributed by atoms with Gasteiger partial charge in [-0.05, 0) is 24.8 Å². The fourth-order valence-corrected chi connectivity index (χ4v) is 2.08. The maximum atomic E-state index is 11.7. The minimum absolute atomic E-state index is 0.139. The highest BCUT2D eigenvalue weighted by Gasteiger charge is 2.31. The number of carbonyl (C=O) groups is 1. The first-order valence-electron chi connectivity index (χ1n) is 6.24. The van der Waals surface area contributed by atoms with Crippen molar-refractivity contribution in [3.05, 3.63) is 18.5 Å². The van der Waals surface area contributed by atoms with E-state index >= 15 is 0 Å². The van der Waals surface area contributed by atoms with Gasteiger partial charge in [-0.1, -0.05) is 20.8 Å². The predicted molar refractivity (Wildman–Crippen MR) is 66.5 cm³/mol. The first-order valence-corrected chi connectivity index (χ1v) is 6.24. The van der Waals surface area contributed by atoms with Crippen molar-refractivity contribution in [2.24, 2.45) is 11.3 Å². The van der Waals surface area contributed by atoms with Gasteiger partial charge in [0, 0.05) is 24.4 Å². The molecule has 17 heavy (non-hydrogen) atoms. The quantitative estimate of drug-likeness (QED) is 0.871. The Morgan fingerprint density at radius 3 is 2.71 bits per heavy atom. The zero-order valence-corrected chi connectivity index (χ0v) is 10.8. The van der Waals surface area contributed by atoms with Gasteiger partial charge in [-0.2, -0.15) is 5.10 Å². The molecule has 1 fully saturated rings. The van der Waals surface area contributed by atoms with Gasteiger partial charge in [0.25, 0.3) is 0 Å². The lowest BCUT2D eigenvalue weighted by atomic mass is 9.80.